The third-order valence-corrected chi connectivity index (χ3v) is 2.77. The molecule has 0 spiro atoms. The molecule has 0 radical (unpaired) electrons. The van der Waals surface area contributed by atoms with Crippen LogP contribution in [0.2, 0.25) is 0 Å². The van der Waals surface area contributed by atoms with Crippen LogP contribution < -0.4 is 0 Å². The van der Waals surface area contributed by atoms with Crippen LogP contribution in [0.1, 0.15) is 19.8 Å². The number of alkyl halides is 6. The van der Waals surface area contributed by atoms with Gasteiger partial charge in [0.05, 0.1) is 5.60 Å². The van der Waals surface area contributed by atoms with Crippen LogP contribution in [0, 0.1) is 0 Å². The molecule has 3 unspecified atom stereocenters. The molecule has 1 heterocycles. The second-order valence-electron chi connectivity index (χ2n) is 4.80. The zero-order chi connectivity index (χ0) is 15.3. The van der Waals surface area contributed by atoms with E-state index in [9.17, 15) is 31.4 Å². The van der Waals surface area contributed by atoms with Crippen LogP contribution in [-0.4, -0.2) is 51.3 Å². The Morgan fingerprint density at radius 1 is 1.00 bits per heavy atom. The van der Waals surface area contributed by atoms with Crippen molar-refractivity contribution in [3.8, 4) is 0 Å². The van der Waals surface area contributed by atoms with Gasteiger partial charge in [0.15, 0.2) is 6.29 Å². The van der Waals surface area contributed by atoms with Crippen molar-refractivity contribution in [3.63, 3.8) is 0 Å². The molecular formula is C9H12F6O4. The van der Waals surface area contributed by atoms with Gasteiger partial charge >= 0.3 is 12.4 Å². The van der Waals surface area contributed by atoms with E-state index in [1.54, 1.807) is 0 Å². The molecule has 0 aromatic heterocycles. The lowest BCUT2D eigenvalue weighted by molar-refractivity contribution is -0.378. The van der Waals surface area contributed by atoms with Crippen molar-refractivity contribution in [2.75, 3.05) is 0 Å². The zero-order valence-electron chi connectivity index (χ0n) is 9.59. The minimum absolute atomic E-state index is 0.664. The van der Waals surface area contributed by atoms with Crippen LogP contribution in [0.25, 0.3) is 0 Å². The first-order valence-electron chi connectivity index (χ1n) is 5.11. The van der Waals surface area contributed by atoms with Gasteiger partial charge in [0.2, 0.25) is 0 Å². The average Bonchev–Trinajstić information content (AvgIpc) is 2.74. The Hall–Kier alpha value is -0.580. The molecule has 3 atom stereocenters. The number of rotatable bonds is 4. The summed E-state index contributed by atoms with van der Waals surface area (Å²) in [6.45, 7) is 0.698. The van der Waals surface area contributed by atoms with Crippen LogP contribution >= 0.6 is 0 Å². The predicted octanol–water partition coefficient (Wildman–Crippen LogP) is 1.09. The van der Waals surface area contributed by atoms with E-state index in [-0.39, 0.29) is 0 Å². The van der Waals surface area contributed by atoms with Gasteiger partial charge in [-0.15, -0.1) is 0 Å². The summed E-state index contributed by atoms with van der Waals surface area (Å²) < 4.78 is 78.8. The van der Waals surface area contributed by atoms with Crippen molar-refractivity contribution >= 4 is 0 Å². The Labute approximate surface area is 103 Å². The molecule has 0 bridgehead atoms. The molecule has 19 heavy (non-hydrogen) atoms. The Balaban J connectivity index is 2.89. The molecule has 1 aliphatic heterocycles. The van der Waals surface area contributed by atoms with Crippen LogP contribution in [0.15, 0.2) is 0 Å². The summed E-state index contributed by atoms with van der Waals surface area (Å²) >= 11 is 0. The maximum atomic E-state index is 12.4. The smallest absolute Gasteiger partial charge is 0.390 e. The molecule has 0 aromatic rings. The Kier molecular flexibility index (Phi) is 3.87. The third-order valence-electron chi connectivity index (χ3n) is 2.77. The highest BCUT2D eigenvalue weighted by Crippen LogP contribution is 2.48. The highest BCUT2D eigenvalue weighted by atomic mass is 19.4. The van der Waals surface area contributed by atoms with Crippen LogP contribution in [0.5, 0.6) is 0 Å². The first kappa shape index (κ1) is 16.5. The number of hydrogen-bond donors (Lipinski definition) is 3. The fourth-order valence-electron chi connectivity index (χ4n) is 1.70. The summed E-state index contributed by atoms with van der Waals surface area (Å²) in [5.74, 6) is 0. The highest BCUT2D eigenvalue weighted by Gasteiger charge is 2.71. The normalized spacial score (nSPS) is 28.1. The lowest BCUT2D eigenvalue weighted by Crippen LogP contribution is -2.60. The molecule has 114 valence electrons. The molecule has 4 nitrogen and oxygen atoms in total. The molecule has 3 N–H and O–H groups in total. The Bertz CT molecular complexity index is 323. The van der Waals surface area contributed by atoms with E-state index in [4.69, 9.17) is 10.2 Å². The van der Waals surface area contributed by atoms with Crippen LogP contribution in [0.4, 0.5) is 26.3 Å². The summed E-state index contributed by atoms with van der Waals surface area (Å²) in [6, 6.07) is 0. The van der Waals surface area contributed by atoms with Gasteiger partial charge in [0, 0.05) is 12.8 Å². The number of aliphatic hydroxyl groups excluding tert-OH is 1. The summed E-state index contributed by atoms with van der Waals surface area (Å²) in [6.07, 6.45) is -17.0. The minimum Gasteiger partial charge on any atom is -0.390 e. The van der Waals surface area contributed by atoms with Crippen molar-refractivity contribution in [2.24, 2.45) is 0 Å². The van der Waals surface area contributed by atoms with E-state index < -0.39 is 48.8 Å². The maximum Gasteiger partial charge on any atom is 0.426 e. The second kappa shape index (κ2) is 4.47. The van der Waals surface area contributed by atoms with Crippen molar-refractivity contribution in [1.29, 1.82) is 0 Å². The summed E-state index contributed by atoms with van der Waals surface area (Å²) in [5.41, 5.74) is -7.54. The molecule has 0 saturated carbocycles. The van der Waals surface area contributed by atoms with Gasteiger partial charge in [-0.05, 0) is 6.92 Å². The second-order valence-corrected chi connectivity index (χ2v) is 4.80. The van der Waals surface area contributed by atoms with Gasteiger partial charge in [-0.25, -0.2) is 0 Å². The summed E-state index contributed by atoms with van der Waals surface area (Å²) in [4.78, 5) is 0. The van der Waals surface area contributed by atoms with Crippen LogP contribution in [-0.2, 0) is 4.74 Å². The van der Waals surface area contributed by atoms with E-state index in [0.29, 0.717) is 6.92 Å². The minimum atomic E-state index is -5.99. The Morgan fingerprint density at radius 3 is 1.63 bits per heavy atom. The fraction of sp³-hybridized carbons (Fsp3) is 1.00. The highest BCUT2D eigenvalue weighted by molar-refractivity contribution is 5.00. The van der Waals surface area contributed by atoms with E-state index >= 15 is 0 Å². The lowest BCUT2D eigenvalue weighted by Gasteiger charge is -2.37. The average molecular weight is 298 g/mol. The largest absolute Gasteiger partial charge is 0.426 e. The zero-order valence-corrected chi connectivity index (χ0v) is 9.59. The molecule has 0 amide bonds. The molecule has 1 aliphatic rings. The van der Waals surface area contributed by atoms with Gasteiger partial charge in [0.1, 0.15) is 6.10 Å². The quantitative estimate of drug-likeness (QED) is 0.536. The molecular weight excluding hydrogens is 286 g/mol. The van der Waals surface area contributed by atoms with Crippen molar-refractivity contribution < 1.29 is 46.4 Å². The standard InChI is InChI=1S/C9H12F6O4/c1-6(17,2-4-5(16)19-4)3-7(18,8(10,11)12)9(13,14)15/h4-5,16-18H,2-3H2,1H3. The topological polar surface area (TPSA) is 73.2 Å². The van der Waals surface area contributed by atoms with Gasteiger partial charge in [0.25, 0.3) is 5.60 Å². The molecule has 0 aliphatic carbocycles. The lowest BCUT2D eigenvalue weighted by atomic mass is 9.84. The predicted molar refractivity (Wildman–Crippen MR) is 47.8 cm³/mol. The molecule has 1 fully saturated rings. The number of aliphatic hydroxyl groups is 3. The Morgan fingerprint density at radius 2 is 1.37 bits per heavy atom. The fourth-order valence-corrected chi connectivity index (χ4v) is 1.70. The molecule has 1 rings (SSSR count). The van der Waals surface area contributed by atoms with Gasteiger partial charge in [-0.3, -0.25) is 0 Å². The molecule has 10 heteroatoms. The number of hydrogen-bond acceptors (Lipinski definition) is 4. The van der Waals surface area contributed by atoms with Gasteiger partial charge < -0.3 is 20.1 Å². The SMILES string of the molecule is CC(O)(CC1OC1O)CC(O)(C(F)(F)F)C(F)(F)F. The van der Waals surface area contributed by atoms with Crippen LogP contribution in [0.3, 0.4) is 0 Å². The van der Waals surface area contributed by atoms with Gasteiger partial charge in [-0.2, -0.15) is 26.3 Å². The van der Waals surface area contributed by atoms with E-state index in [1.807, 2.05) is 0 Å². The number of ether oxygens (including phenoxy) is 1. The van der Waals surface area contributed by atoms with Crippen molar-refractivity contribution in [2.45, 2.75) is 55.7 Å². The van der Waals surface area contributed by atoms with Crippen molar-refractivity contribution in [3.05, 3.63) is 0 Å². The number of epoxide rings is 1. The third kappa shape index (κ3) is 3.50. The summed E-state index contributed by atoms with van der Waals surface area (Å²) in [5, 5.41) is 27.2. The van der Waals surface area contributed by atoms with Crippen molar-refractivity contribution in [1.82, 2.24) is 0 Å². The van der Waals surface area contributed by atoms with E-state index in [1.165, 1.54) is 0 Å². The summed E-state index contributed by atoms with van der Waals surface area (Å²) in [7, 11) is 0. The van der Waals surface area contributed by atoms with E-state index in [2.05, 4.69) is 4.74 Å². The maximum absolute atomic E-state index is 12.4. The van der Waals surface area contributed by atoms with Gasteiger partial charge in [-0.1, -0.05) is 0 Å². The number of halogens is 6. The molecule has 1 saturated heterocycles. The monoisotopic (exact) mass is 298 g/mol. The molecule has 0 aromatic carbocycles. The van der Waals surface area contributed by atoms with E-state index in [0.717, 1.165) is 0 Å². The first-order valence-corrected chi connectivity index (χ1v) is 5.11. The first-order chi connectivity index (χ1) is 8.20.